The minimum Gasteiger partial charge on any atom is -0.360 e. The Balaban J connectivity index is 1.74. The van der Waals surface area contributed by atoms with Gasteiger partial charge in [-0.3, -0.25) is 4.79 Å². The van der Waals surface area contributed by atoms with Gasteiger partial charge < -0.3 is 4.98 Å². The Morgan fingerprint density at radius 1 is 1.13 bits per heavy atom. The molecule has 0 aliphatic rings. The maximum Gasteiger partial charge on any atom is 0.178 e. The molecule has 0 aliphatic heterocycles. The van der Waals surface area contributed by atoms with Gasteiger partial charge in [0.05, 0.1) is 5.25 Å². The van der Waals surface area contributed by atoms with E-state index < -0.39 is 0 Å². The van der Waals surface area contributed by atoms with E-state index in [0.717, 1.165) is 25.1 Å². The summed E-state index contributed by atoms with van der Waals surface area (Å²) >= 11 is 4.72. The van der Waals surface area contributed by atoms with Gasteiger partial charge in [0.25, 0.3) is 0 Å². The lowest BCUT2D eigenvalue weighted by atomic mass is 10.1. The van der Waals surface area contributed by atoms with Crippen molar-refractivity contribution in [3.8, 4) is 0 Å². The second kappa shape index (κ2) is 7.07. The highest BCUT2D eigenvalue weighted by Crippen LogP contribution is 2.34. The lowest BCUT2D eigenvalue weighted by Gasteiger charge is -2.06. The number of aromatic amines is 1. The van der Waals surface area contributed by atoms with E-state index in [1.165, 1.54) is 11.8 Å². The zero-order valence-corrected chi connectivity index (χ0v) is 15.5. The van der Waals surface area contributed by atoms with Gasteiger partial charge in [0.2, 0.25) is 0 Å². The van der Waals surface area contributed by atoms with Crippen molar-refractivity contribution in [2.45, 2.75) is 40.0 Å². The van der Waals surface area contributed by atoms with Crippen LogP contribution in [0, 0.1) is 0 Å². The van der Waals surface area contributed by atoms with Gasteiger partial charge in [-0.05, 0) is 13.0 Å². The largest absolute Gasteiger partial charge is 0.360 e. The molecule has 0 fully saturated rings. The molecule has 0 aliphatic carbocycles. The van der Waals surface area contributed by atoms with Crippen LogP contribution in [0.25, 0.3) is 10.9 Å². The number of Topliss-reactive ketones (excluding diaryl/α,β-unsaturated/α-hetero) is 1. The maximum absolute atomic E-state index is 12.7. The number of nitrogens with one attached hydrogen (secondary N) is 1. The van der Waals surface area contributed by atoms with Crippen molar-refractivity contribution in [3.63, 3.8) is 0 Å². The molecule has 0 bridgehead atoms. The summed E-state index contributed by atoms with van der Waals surface area (Å²) in [6.45, 7) is 6.18. The third-order valence-electron chi connectivity index (χ3n) is 3.23. The number of benzene rings is 1. The highest BCUT2D eigenvalue weighted by atomic mass is 32.2. The van der Waals surface area contributed by atoms with E-state index in [-0.39, 0.29) is 11.0 Å². The van der Waals surface area contributed by atoms with Gasteiger partial charge >= 0.3 is 0 Å². The van der Waals surface area contributed by atoms with E-state index in [4.69, 9.17) is 0 Å². The van der Waals surface area contributed by atoms with E-state index >= 15 is 0 Å². The van der Waals surface area contributed by atoms with Gasteiger partial charge in [-0.25, -0.2) is 0 Å². The minimum absolute atomic E-state index is 0.112. The fraction of sp³-hybridized carbons (Fsp3) is 0.312. The van der Waals surface area contributed by atoms with Gasteiger partial charge in [-0.2, -0.15) is 0 Å². The van der Waals surface area contributed by atoms with Gasteiger partial charge in [0, 0.05) is 27.9 Å². The maximum atomic E-state index is 12.7. The number of H-pyrrole nitrogens is 1. The highest BCUT2D eigenvalue weighted by molar-refractivity contribution is 8.04. The number of hydrogen-bond donors (Lipinski definition) is 1. The predicted molar refractivity (Wildman–Crippen MR) is 98.9 cm³/mol. The lowest BCUT2D eigenvalue weighted by molar-refractivity contribution is 0.0995. The molecular formula is C16H17N3OS3. The normalized spacial score (nSPS) is 12.9. The first-order chi connectivity index (χ1) is 11.0. The summed E-state index contributed by atoms with van der Waals surface area (Å²) < 4.78 is 1.79. The van der Waals surface area contributed by atoms with Crippen LogP contribution in [-0.4, -0.2) is 31.5 Å². The quantitative estimate of drug-likeness (QED) is 0.499. The molecule has 0 spiro atoms. The van der Waals surface area contributed by atoms with Crippen LogP contribution >= 0.6 is 34.9 Å². The van der Waals surface area contributed by atoms with E-state index in [2.05, 4.69) is 29.0 Å². The molecule has 0 amide bonds. The van der Waals surface area contributed by atoms with Gasteiger partial charge in [-0.1, -0.05) is 66.9 Å². The second-order valence-corrected chi connectivity index (χ2v) is 9.76. The molecule has 1 atom stereocenters. The fourth-order valence-corrected chi connectivity index (χ4v) is 5.65. The molecule has 3 aromatic rings. The molecule has 4 nitrogen and oxygen atoms in total. The fourth-order valence-electron chi connectivity index (χ4n) is 2.19. The first-order valence-electron chi connectivity index (χ1n) is 7.31. The molecule has 0 saturated heterocycles. The van der Waals surface area contributed by atoms with Crippen LogP contribution in [-0.2, 0) is 0 Å². The summed E-state index contributed by atoms with van der Waals surface area (Å²) in [5.74, 6) is 0.112. The third-order valence-corrected chi connectivity index (χ3v) is 6.42. The molecule has 120 valence electrons. The summed E-state index contributed by atoms with van der Waals surface area (Å²) in [7, 11) is 0. The van der Waals surface area contributed by atoms with E-state index in [1.54, 1.807) is 29.3 Å². The Kier molecular flexibility index (Phi) is 5.08. The number of fused-ring (bicyclic) bond motifs is 1. The Hall–Kier alpha value is -1.31. The minimum atomic E-state index is -0.195. The van der Waals surface area contributed by atoms with Gasteiger partial charge in [-0.15, -0.1) is 10.2 Å². The molecule has 0 saturated carbocycles. The van der Waals surface area contributed by atoms with Crippen molar-refractivity contribution in [2.24, 2.45) is 0 Å². The number of hydrogen-bond acceptors (Lipinski definition) is 6. The van der Waals surface area contributed by atoms with Crippen LogP contribution in [0.2, 0.25) is 0 Å². The molecule has 2 heterocycles. The monoisotopic (exact) mass is 363 g/mol. The zero-order chi connectivity index (χ0) is 16.4. The van der Waals surface area contributed by atoms with Gasteiger partial charge in [0.15, 0.2) is 14.5 Å². The van der Waals surface area contributed by atoms with Crippen LogP contribution in [0.3, 0.4) is 0 Å². The van der Waals surface area contributed by atoms with E-state index in [1.807, 2.05) is 31.2 Å². The number of nitrogens with zero attached hydrogens (tertiary/aromatic N) is 2. The van der Waals surface area contributed by atoms with Crippen molar-refractivity contribution in [1.29, 1.82) is 0 Å². The molecule has 2 aromatic heterocycles. The molecule has 1 unspecified atom stereocenters. The lowest BCUT2D eigenvalue weighted by Crippen LogP contribution is -2.12. The molecule has 7 heteroatoms. The number of para-hydroxylation sites is 1. The number of rotatable bonds is 6. The molecule has 0 radical (unpaired) electrons. The molecule has 3 rings (SSSR count). The topological polar surface area (TPSA) is 58.6 Å². The Morgan fingerprint density at radius 2 is 1.83 bits per heavy atom. The first-order valence-corrected chi connectivity index (χ1v) is 9.89. The number of thioether (sulfide) groups is 2. The summed E-state index contributed by atoms with van der Waals surface area (Å²) in [6, 6.07) is 7.86. The SMILES string of the molecule is CC(C)Sc1nnc(SC(C)C(=O)c2c[nH]c3ccccc23)s1. The van der Waals surface area contributed by atoms with Crippen molar-refractivity contribution in [3.05, 3.63) is 36.0 Å². The van der Waals surface area contributed by atoms with Crippen molar-refractivity contribution in [1.82, 2.24) is 15.2 Å². The smallest absolute Gasteiger partial charge is 0.178 e. The molecular weight excluding hydrogens is 346 g/mol. The number of aromatic nitrogens is 3. The van der Waals surface area contributed by atoms with Crippen LogP contribution in [0.5, 0.6) is 0 Å². The van der Waals surface area contributed by atoms with Gasteiger partial charge in [0.1, 0.15) is 0 Å². The Labute approximate surface area is 147 Å². The second-order valence-electron chi connectivity index (χ2n) is 5.37. The average Bonchev–Trinajstić information content (AvgIpc) is 3.12. The molecule has 1 N–H and O–H groups in total. The van der Waals surface area contributed by atoms with Crippen LogP contribution in [0.4, 0.5) is 0 Å². The standard InChI is InChI=1S/C16H17N3OS3/c1-9(2)21-15-18-19-16(23-15)22-10(3)14(20)12-8-17-13-7-5-4-6-11(12)13/h4-10,17H,1-3H3. The number of carbonyl (C=O) groups is 1. The predicted octanol–water partition coefficient (Wildman–Crippen LogP) is 4.88. The van der Waals surface area contributed by atoms with Crippen LogP contribution in [0.15, 0.2) is 39.1 Å². The summed E-state index contributed by atoms with van der Waals surface area (Å²) in [4.78, 5) is 15.9. The molecule has 23 heavy (non-hydrogen) atoms. The Morgan fingerprint density at radius 3 is 2.57 bits per heavy atom. The number of carbonyl (C=O) groups excluding carboxylic acids is 1. The average molecular weight is 364 g/mol. The summed E-state index contributed by atoms with van der Waals surface area (Å²) in [6.07, 6.45) is 1.80. The number of ketones is 1. The first kappa shape index (κ1) is 16.5. The van der Waals surface area contributed by atoms with Crippen molar-refractivity contribution >= 4 is 51.5 Å². The van der Waals surface area contributed by atoms with E-state index in [0.29, 0.717) is 5.25 Å². The highest BCUT2D eigenvalue weighted by Gasteiger charge is 2.21. The summed E-state index contributed by atoms with van der Waals surface area (Å²) in [5.41, 5.74) is 1.72. The zero-order valence-electron chi connectivity index (χ0n) is 13.1. The Bertz CT molecular complexity index is 825. The molecule has 1 aromatic carbocycles. The van der Waals surface area contributed by atoms with E-state index in [9.17, 15) is 4.79 Å². The third kappa shape index (κ3) is 3.79. The summed E-state index contributed by atoms with van der Waals surface area (Å²) in [5, 5.41) is 9.61. The van der Waals surface area contributed by atoms with Crippen molar-refractivity contribution in [2.75, 3.05) is 0 Å². The van der Waals surface area contributed by atoms with Crippen molar-refractivity contribution < 1.29 is 4.79 Å². The van der Waals surface area contributed by atoms with Crippen LogP contribution < -0.4 is 0 Å². The van der Waals surface area contributed by atoms with Crippen LogP contribution in [0.1, 0.15) is 31.1 Å².